The molecule has 3 heteroatoms. The van der Waals surface area contributed by atoms with E-state index in [1.165, 1.54) is 11.1 Å². The van der Waals surface area contributed by atoms with Gasteiger partial charge in [0, 0.05) is 13.6 Å². The van der Waals surface area contributed by atoms with E-state index in [9.17, 15) is 4.79 Å². The number of urea groups is 1. The van der Waals surface area contributed by atoms with Crippen LogP contribution < -0.4 is 10.2 Å². The summed E-state index contributed by atoms with van der Waals surface area (Å²) in [5.41, 5.74) is 3.46. The molecule has 1 aromatic rings. The lowest BCUT2D eigenvalue weighted by Crippen LogP contribution is -2.41. The van der Waals surface area contributed by atoms with Crippen LogP contribution >= 0.6 is 0 Å². The zero-order chi connectivity index (χ0) is 9.42. The van der Waals surface area contributed by atoms with Gasteiger partial charge in [0.25, 0.3) is 0 Å². The van der Waals surface area contributed by atoms with Crippen LogP contribution in [0.2, 0.25) is 0 Å². The highest BCUT2D eigenvalue weighted by atomic mass is 16.2. The SMILES string of the molecule is Cc1cccc2c1CNC(=O)N2C. The molecule has 0 atom stereocenters. The zero-order valence-corrected chi connectivity index (χ0v) is 7.79. The van der Waals surface area contributed by atoms with Crippen molar-refractivity contribution >= 4 is 11.7 Å². The number of fused-ring (bicyclic) bond motifs is 1. The van der Waals surface area contributed by atoms with Gasteiger partial charge in [-0.05, 0) is 24.1 Å². The van der Waals surface area contributed by atoms with Crippen molar-refractivity contribution in [2.75, 3.05) is 11.9 Å². The second-order valence-electron chi connectivity index (χ2n) is 3.29. The van der Waals surface area contributed by atoms with E-state index in [4.69, 9.17) is 0 Å². The molecule has 0 saturated carbocycles. The molecule has 0 bridgehead atoms. The molecule has 0 aromatic heterocycles. The molecule has 68 valence electrons. The third kappa shape index (κ3) is 1.16. The Hall–Kier alpha value is -1.51. The van der Waals surface area contributed by atoms with Gasteiger partial charge in [-0.15, -0.1) is 0 Å². The van der Waals surface area contributed by atoms with E-state index >= 15 is 0 Å². The van der Waals surface area contributed by atoms with Gasteiger partial charge in [0.2, 0.25) is 0 Å². The summed E-state index contributed by atoms with van der Waals surface area (Å²) in [7, 11) is 1.78. The molecule has 1 aliphatic rings. The average Bonchev–Trinajstić information content (AvgIpc) is 2.12. The maximum atomic E-state index is 11.3. The molecule has 0 fully saturated rings. The Morgan fingerprint density at radius 2 is 2.23 bits per heavy atom. The van der Waals surface area contributed by atoms with Crippen LogP contribution in [0, 0.1) is 6.92 Å². The number of anilines is 1. The van der Waals surface area contributed by atoms with E-state index in [0.717, 1.165) is 5.69 Å². The molecule has 0 aliphatic carbocycles. The van der Waals surface area contributed by atoms with E-state index in [-0.39, 0.29) is 6.03 Å². The van der Waals surface area contributed by atoms with Crippen molar-refractivity contribution in [2.45, 2.75) is 13.5 Å². The minimum absolute atomic E-state index is 0.0295. The fourth-order valence-electron chi connectivity index (χ4n) is 1.62. The van der Waals surface area contributed by atoms with Crippen molar-refractivity contribution in [3.05, 3.63) is 29.3 Å². The molecule has 0 saturated heterocycles. The Bertz CT molecular complexity index is 360. The molecular weight excluding hydrogens is 164 g/mol. The Labute approximate surface area is 77.4 Å². The van der Waals surface area contributed by atoms with Crippen molar-refractivity contribution in [3.8, 4) is 0 Å². The van der Waals surface area contributed by atoms with Crippen LogP contribution in [-0.4, -0.2) is 13.1 Å². The van der Waals surface area contributed by atoms with E-state index in [1.54, 1.807) is 11.9 Å². The first kappa shape index (κ1) is 8.10. The Morgan fingerprint density at radius 3 is 3.00 bits per heavy atom. The summed E-state index contributed by atoms with van der Waals surface area (Å²) in [6.07, 6.45) is 0. The molecule has 0 unspecified atom stereocenters. The van der Waals surface area contributed by atoms with Crippen LogP contribution in [0.1, 0.15) is 11.1 Å². The van der Waals surface area contributed by atoms with Crippen LogP contribution in [0.3, 0.4) is 0 Å². The van der Waals surface area contributed by atoms with Gasteiger partial charge in [-0.3, -0.25) is 4.90 Å². The summed E-state index contributed by atoms with van der Waals surface area (Å²) in [4.78, 5) is 12.9. The van der Waals surface area contributed by atoms with Crippen molar-refractivity contribution in [3.63, 3.8) is 0 Å². The van der Waals surface area contributed by atoms with Crippen molar-refractivity contribution in [1.29, 1.82) is 0 Å². The summed E-state index contributed by atoms with van der Waals surface area (Å²) in [5, 5.41) is 2.82. The van der Waals surface area contributed by atoms with Gasteiger partial charge < -0.3 is 5.32 Å². The van der Waals surface area contributed by atoms with Crippen molar-refractivity contribution in [2.24, 2.45) is 0 Å². The molecule has 0 radical (unpaired) electrons. The summed E-state index contributed by atoms with van der Waals surface area (Å²) in [6.45, 7) is 2.70. The largest absolute Gasteiger partial charge is 0.334 e. The first-order valence-electron chi connectivity index (χ1n) is 4.30. The minimum Gasteiger partial charge on any atom is -0.334 e. The number of nitrogens with zero attached hydrogens (tertiary/aromatic N) is 1. The quantitative estimate of drug-likeness (QED) is 0.640. The molecule has 3 nitrogen and oxygen atoms in total. The second-order valence-corrected chi connectivity index (χ2v) is 3.29. The number of carbonyl (C=O) groups excluding carboxylic acids is 1. The number of rotatable bonds is 0. The number of carbonyl (C=O) groups is 1. The number of amides is 2. The van der Waals surface area contributed by atoms with Gasteiger partial charge in [-0.2, -0.15) is 0 Å². The van der Waals surface area contributed by atoms with E-state index in [2.05, 4.69) is 18.3 Å². The number of hydrogen-bond donors (Lipinski definition) is 1. The lowest BCUT2D eigenvalue weighted by Gasteiger charge is -2.27. The number of aryl methyl sites for hydroxylation is 1. The third-order valence-electron chi connectivity index (χ3n) is 2.47. The summed E-state index contributed by atoms with van der Waals surface area (Å²) in [6, 6.07) is 5.98. The molecule has 1 heterocycles. The van der Waals surface area contributed by atoms with Gasteiger partial charge >= 0.3 is 6.03 Å². The van der Waals surface area contributed by atoms with Gasteiger partial charge in [-0.25, -0.2) is 4.79 Å². The fourth-order valence-corrected chi connectivity index (χ4v) is 1.62. The Kier molecular flexibility index (Phi) is 1.72. The molecule has 0 spiro atoms. The average molecular weight is 176 g/mol. The fraction of sp³-hybridized carbons (Fsp3) is 0.300. The predicted molar refractivity (Wildman–Crippen MR) is 51.8 cm³/mol. The number of benzene rings is 1. The monoisotopic (exact) mass is 176 g/mol. The highest BCUT2D eigenvalue weighted by molar-refractivity contribution is 5.94. The standard InChI is InChI=1S/C10H12N2O/c1-7-4-3-5-9-8(7)6-11-10(13)12(9)2/h3-5H,6H2,1-2H3,(H,11,13). The first-order chi connectivity index (χ1) is 6.20. The van der Waals surface area contributed by atoms with Crippen LogP contribution in [0.5, 0.6) is 0 Å². The topological polar surface area (TPSA) is 32.3 Å². The maximum absolute atomic E-state index is 11.3. The van der Waals surface area contributed by atoms with E-state index in [0.29, 0.717) is 6.54 Å². The van der Waals surface area contributed by atoms with Gasteiger partial charge in [0.05, 0.1) is 5.69 Å². The number of hydrogen-bond acceptors (Lipinski definition) is 1. The summed E-state index contributed by atoms with van der Waals surface area (Å²) < 4.78 is 0. The van der Waals surface area contributed by atoms with E-state index in [1.807, 2.05) is 12.1 Å². The highest BCUT2D eigenvalue weighted by Gasteiger charge is 2.20. The highest BCUT2D eigenvalue weighted by Crippen LogP contribution is 2.25. The maximum Gasteiger partial charge on any atom is 0.321 e. The Balaban J connectivity index is 2.55. The van der Waals surface area contributed by atoms with Crippen molar-refractivity contribution < 1.29 is 4.79 Å². The van der Waals surface area contributed by atoms with Gasteiger partial charge in [0.15, 0.2) is 0 Å². The Morgan fingerprint density at radius 1 is 1.46 bits per heavy atom. The minimum atomic E-state index is -0.0295. The predicted octanol–water partition coefficient (Wildman–Crippen LogP) is 1.65. The normalized spacial score (nSPS) is 15.2. The van der Waals surface area contributed by atoms with Crippen LogP contribution in [0.25, 0.3) is 0 Å². The van der Waals surface area contributed by atoms with Crippen LogP contribution in [0.15, 0.2) is 18.2 Å². The molecule has 2 amide bonds. The van der Waals surface area contributed by atoms with Crippen LogP contribution in [-0.2, 0) is 6.54 Å². The van der Waals surface area contributed by atoms with Crippen LogP contribution in [0.4, 0.5) is 10.5 Å². The smallest absolute Gasteiger partial charge is 0.321 e. The molecule has 13 heavy (non-hydrogen) atoms. The lowest BCUT2D eigenvalue weighted by molar-refractivity contribution is 0.246. The molecular formula is C10H12N2O. The summed E-state index contributed by atoms with van der Waals surface area (Å²) in [5.74, 6) is 0. The molecule has 2 rings (SSSR count). The first-order valence-corrected chi connectivity index (χ1v) is 4.30. The summed E-state index contributed by atoms with van der Waals surface area (Å²) >= 11 is 0. The van der Waals surface area contributed by atoms with Gasteiger partial charge in [-0.1, -0.05) is 12.1 Å². The zero-order valence-electron chi connectivity index (χ0n) is 7.79. The van der Waals surface area contributed by atoms with Gasteiger partial charge in [0.1, 0.15) is 0 Å². The lowest BCUT2D eigenvalue weighted by atomic mass is 10.0. The van der Waals surface area contributed by atoms with Crippen molar-refractivity contribution in [1.82, 2.24) is 5.32 Å². The third-order valence-corrected chi connectivity index (χ3v) is 2.47. The number of nitrogens with one attached hydrogen (secondary N) is 1. The molecule has 1 aliphatic heterocycles. The molecule has 1 N–H and O–H groups in total. The second kappa shape index (κ2) is 2.76. The van der Waals surface area contributed by atoms with E-state index < -0.39 is 0 Å². The molecule has 1 aromatic carbocycles.